The molecule has 1 aliphatic carbocycles. The van der Waals surface area contributed by atoms with Crippen LogP contribution in [0, 0.1) is 0 Å². The van der Waals surface area contributed by atoms with Crippen LogP contribution in [0.3, 0.4) is 0 Å². The highest BCUT2D eigenvalue weighted by Crippen LogP contribution is 2.39. The summed E-state index contributed by atoms with van der Waals surface area (Å²) in [6.45, 7) is 2.04. The molecule has 1 saturated carbocycles. The van der Waals surface area contributed by atoms with Crippen LogP contribution >= 0.6 is 34.9 Å². The molecule has 4 nitrogen and oxygen atoms in total. The van der Waals surface area contributed by atoms with Crippen molar-refractivity contribution < 1.29 is 0 Å². The van der Waals surface area contributed by atoms with Crippen molar-refractivity contribution in [2.75, 3.05) is 0 Å². The first-order valence-electron chi connectivity index (χ1n) is 5.79. The molecule has 2 heterocycles. The van der Waals surface area contributed by atoms with E-state index in [1.807, 2.05) is 6.92 Å². The summed E-state index contributed by atoms with van der Waals surface area (Å²) in [5.41, 5.74) is 0. The van der Waals surface area contributed by atoms with Gasteiger partial charge in [-0.1, -0.05) is 18.5 Å². The summed E-state index contributed by atoms with van der Waals surface area (Å²) in [4.78, 5) is 13.2. The molecule has 0 amide bonds. The fraction of sp³-hybridized carbons (Fsp3) is 0.455. The number of aromatic nitrogens is 4. The Morgan fingerprint density at radius 1 is 1.39 bits per heavy atom. The Labute approximate surface area is 118 Å². The highest BCUT2D eigenvalue weighted by atomic mass is 35.5. The van der Waals surface area contributed by atoms with Crippen LogP contribution in [0.4, 0.5) is 0 Å². The highest BCUT2D eigenvalue weighted by molar-refractivity contribution is 8.00. The summed E-state index contributed by atoms with van der Waals surface area (Å²) < 4.78 is 5.16. The SMILES string of the molecule is CCc1nsc(Sc2cc(Cl)nc(C3CC3)n2)n1. The molecule has 2 aromatic heterocycles. The van der Waals surface area contributed by atoms with E-state index in [4.69, 9.17) is 11.6 Å². The van der Waals surface area contributed by atoms with Gasteiger partial charge in [-0.25, -0.2) is 15.0 Å². The summed E-state index contributed by atoms with van der Waals surface area (Å²) >= 11 is 8.93. The quantitative estimate of drug-likeness (QED) is 0.808. The lowest BCUT2D eigenvalue weighted by Crippen LogP contribution is -1.94. The molecular weight excluding hydrogens is 288 g/mol. The minimum atomic E-state index is 0.503. The maximum absolute atomic E-state index is 6.02. The fourth-order valence-electron chi connectivity index (χ4n) is 1.50. The van der Waals surface area contributed by atoms with E-state index >= 15 is 0 Å². The molecule has 94 valence electrons. The Bertz CT molecular complexity index is 568. The van der Waals surface area contributed by atoms with Crippen molar-refractivity contribution in [1.82, 2.24) is 19.3 Å². The van der Waals surface area contributed by atoms with Gasteiger partial charge in [0.05, 0.1) is 0 Å². The predicted molar refractivity (Wildman–Crippen MR) is 72.4 cm³/mol. The third-order valence-electron chi connectivity index (χ3n) is 2.59. The largest absolute Gasteiger partial charge is 0.226 e. The van der Waals surface area contributed by atoms with Crippen molar-refractivity contribution in [2.24, 2.45) is 0 Å². The Balaban J connectivity index is 1.82. The van der Waals surface area contributed by atoms with Gasteiger partial charge in [0.1, 0.15) is 21.8 Å². The lowest BCUT2D eigenvalue weighted by Gasteiger charge is -2.01. The molecule has 18 heavy (non-hydrogen) atoms. The molecule has 0 atom stereocenters. The monoisotopic (exact) mass is 298 g/mol. The van der Waals surface area contributed by atoms with Gasteiger partial charge in [-0.2, -0.15) is 4.37 Å². The van der Waals surface area contributed by atoms with E-state index in [0.717, 1.165) is 27.4 Å². The minimum absolute atomic E-state index is 0.503. The van der Waals surface area contributed by atoms with Crippen molar-refractivity contribution in [3.05, 3.63) is 22.9 Å². The molecular formula is C11H11ClN4S2. The van der Waals surface area contributed by atoms with Gasteiger partial charge in [-0.05, 0) is 36.1 Å². The first-order valence-corrected chi connectivity index (χ1v) is 7.76. The Kier molecular flexibility index (Phi) is 3.50. The van der Waals surface area contributed by atoms with Crippen LogP contribution in [-0.2, 0) is 6.42 Å². The maximum atomic E-state index is 6.02. The van der Waals surface area contributed by atoms with Gasteiger partial charge in [0.2, 0.25) is 0 Å². The molecule has 0 aromatic carbocycles. The van der Waals surface area contributed by atoms with E-state index in [0.29, 0.717) is 11.1 Å². The molecule has 1 aliphatic rings. The molecule has 1 fully saturated rings. The number of aryl methyl sites for hydroxylation is 1. The average Bonchev–Trinajstić information content (AvgIpc) is 3.10. The average molecular weight is 299 g/mol. The third kappa shape index (κ3) is 2.81. The van der Waals surface area contributed by atoms with Crippen LogP contribution in [0.1, 0.15) is 37.3 Å². The predicted octanol–water partition coefficient (Wildman–Crippen LogP) is 3.57. The normalized spacial score (nSPS) is 15.0. The van der Waals surface area contributed by atoms with Crippen molar-refractivity contribution in [2.45, 2.75) is 41.5 Å². The summed E-state index contributed by atoms with van der Waals surface area (Å²) in [7, 11) is 0. The highest BCUT2D eigenvalue weighted by Gasteiger charge is 2.27. The molecule has 0 aliphatic heterocycles. The Morgan fingerprint density at radius 3 is 2.89 bits per heavy atom. The van der Waals surface area contributed by atoms with Crippen molar-refractivity contribution >= 4 is 34.9 Å². The third-order valence-corrected chi connectivity index (χ3v) is 4.49. The number of nitrogens with zero attached hydrogens (tertiary/aromatic N) is 4. The van der Waals surface area contributed by atoms with E-state index in [-0.39, 0.29) is 0 Å². The summed E-state index contributed by atoms with van der Waals surface area (Å²) in [5, 5.41) is 1.37. The zero-order chi connectivity index (χ0) is 12.5. The van der Waals surface area contributed by atoms with Crippen molar-refractivity contribution in [3.63, 3.8) is 0 Å². The molecule has 2 aromatic rings. The minimum Gasteiger partial charge on any atom is -0.226 e. The van der Waals surface area contributed by atoms with Gasteiger partial charge in [0.15, 0.2) is 4.34 Å². The van der Waals surface area contributed by atoms with Gasteiger partial charge in [-0.3, -0.25) is 0 Å². The Hall–Kier alpha value is -0.720. The van der Waals surface area contributed by atoms with Gasteiger partial charge in [-0.15, -0.1) is 0 Å². The van der Waals surface area contributed by atoms with Crippen LogP contribution in [0.15, 0.2) is 15.4 Å². The van der Waals surface area contributed by atoms with Crippen LogP contribution in [0.5, 0.6) is 0 Å². The number of halogens is 1. The first kappa shape index (κ1) is 12.3. The molecule has 3 rings (SSSR count). The second-order valence-corrected chi connectivity index (χ2v) is 6.50. The topological polar surface area (TPSA) is 51.6 Å². The van der Waals surface area contributed by atoms with E-state index in [1.165, 1.54) is 36.1 Å². The molecule has 0 spiro atoms. The molecule has 0 saturated heterocycles. The van der Waals surface area contributed by atoms with E-state index in [2.05, 4.69) is 19.3 Å². The molecule has 7 heteroatoms. The second kappa shape index (κ2) is 5.11. The maximum Gasteiger partial charge on any atom is 0.176 e. The zero-order valence-electron chi connectivity index (χ0n) is 9.76. The Morgan fingerprint density at radius 2 is 2.22 bits per heavy atom. The first-order chi connectivity index (χ1) is 8.74. The van der Waals surface area contributed by atoms with Gasteiger partial charge in [0.25, 0.3) is 0 Å². The summed E-state index contributed by atoms with van der Waals surface area (Å²) in [5.74, 6) is 2.25. The van der Waals surface area contributed by atoms with Crippen LogP contribution < -0.4 is 0 Å². The lowest BCUT2D eigenvalue weighted by molar-refractivity contribution is 0.877. The molecule has 0 radical (unpaired) electrons. The van der Waals surface area contributed by atoms with E-state index < -0.39 is 0 Å². The number of hydrogen-bond acceptors (Lipinski definition) is 6. The lowest BCUT2D eigenvalue weighted by atomic mass is 10.4. The van der Waals surface area contributed by atoms with Crippen LogP contribution in [-0.4, -0.2) is 19.3 Å². The molecule has 0 bridgehead atoms. The van der Waals surface area contributed by atoms with E-state index in [9.17, 15) is 0 Å². The van der Waals surface area contributed by atoms with Crippen molar-refractivity contribution in [3.8, 4) is 0 Å². The van der Waals surface area contributed by atoms with Crippen LogP contribution in [0.2, 0.25) is 5.15 Å². The number of hydrogen-bond donors (Lipinski definition) is 0. The second-order valence-electron chi connectivity index (χ2n) is 4.09. The zero-order valence-corrected chi connectivity index (χ0v) is 12.1. The van der Waals surface area contributed by atoms with Crippen molar-refractivity contribution in [1.29, 1.82) is 0 Å². The smallest absolute Gasteiger partial charge is 0.176 e. The van der Waals surface area contributed by atoms with E-state index in [1.54, 1.807) is 6.07 Å². The standard InChI is InChI=1S/C11H11ClN4S2/c1-2-8-14-11(18-16-8)17-9-5-7(12)13-10(15-9)6-3-4-6/h5-6H,2-4H2,1H3. The van der Waals surface area contributed by atoms with Gasteiger partial charge in [0, 0.05) is 18.4 Å². The van der Waals surface area contributed by atoms with Crippen LogP contribution in [0.25, 0.3) is 0 Å². The fourth-order valence-corrected chi connectivity index (χ4v) is 3.41. The molecule has 0 unspecified atom stereocenters. The number of rotatable bonds is 4. The summed E-state index contributed by atoms with van der Waals surface area (Å²) in [6.07, 6.45) is 3.20. The summed E-state index contributed by atoms with van der Waals surface area (Å²) in [6, 6.07) is 1.78. The molecule has 0 N–H and O–H groups in total. The van der Waals surface area contributed by atoms with Gasteiger partial charge < -0.3 is 0 Å². The van der Waals surface area contributed by atoms with Gasteiger partial charge >= 0.3 is 0 Å².